The molecule has 0 radical (unpaired) electrons. The fourth-order valence-corrected chi connectivity index (χ4v) is 3.14. The standard InChI is InChI=1S/C20H24N2O4.ClH/c1-14-12-17(15-6-5-9-21-13-15)26-20(24)18(14)19(23)22-10-11-25-16-7-3-2-4-8-16;/h2-4,7-8,12,15,21H,5-6,9-11,13H2,1H3,(H,22,23);1H. The Balaban J connectivity index is 0.00000261. The molecule has 2 N–H and O–H groups in total. The molecule has 1 amide bonds. The zero-order chi connectivity index (χ0) is 18.4. The Kier molecular flexibility index (Phi) is 7.88. The second-order valence-electron chi connectivity index (χ2n) is 6.45. The molecule has 1 saturated heterocycles. The van der Waals surface area contributed by atoms with Crippen molar-refractivity contribution in [2.45, 2.75) is 25.7 Å². The highest BCUT2D eigenvalue weighted by Gasteiger charge is 2.22. The molecule has 1 aromatic carbocycles. The van der Waals surface area contributed by atoms with Crippen molar-refractivity contribution < 1.29 is 13.9 Å². The summed E-state index contributed by atoms with van der Waals surface area (Å²) in [6.45, 7) is 4.19. The average molecular weight is 393 g/mol. The SMILES string of the molecule is Cc1cc(C2CCCNC2)oc(=O)c1C(=O)NCCOc1ccccc1.Cl. The van der Waals surface area contributed by atoms with E-state index in [0.29, 0.717) is 24.5 Å². The number of carbonyl (C=O) groups is 1. The summed E-state index contributed by atoms with van der Waals surface area (Å²) in [4.78, 5) is 24.7. The van der Waals surface area contributed by atoms with Crippen LogP contribution < -0.4 is 21.0 Å². The summed E-state index contributed by atoms with van der Waals surface area (Å²) in [5.41, 5.74) is 0.132. The first-order valence-corrected chi connectivity index (χ1v) is 8.96. The van der Waals surface area contributed by atoms with Crippen molar-refractivity contribution in [3.63, 3.8) is 0 Å². The first kappa shape index (κ1) is 21.0. The van der Waals surface area contributed by atoms with E-state index in [1.54, 1.807) is 6.92 Å². The van der Waals surface area contributed by atoms with Crippen LogP contribution in [0, 0.1) is 6.92 Å². The molecule has 1 atom stereocenters. The van der Waals surface area contributed by atoms with Gasteiger partial charge in [0.25, 0.3) is 5.91 Å². The lowest BCUT2D eigenvalue weighted by Crippen LogP contribution is -2.33. The van der Waals surface area contributed by atoms with Gasteiger partial charge in [-0.15, -0.1) is 12.4 Å². The first-order valence-electron chi connectivity index (χ1n) is 8.96. The topological polar surface area (TPSA) is 80.6 Å². The number of ether oxygens (including phenoxy) is 1. The van der Waals surface area contributed by atoms with Crippen LogP contribution in [0.3, 0.4) is 0 Å². The molecule has 1 aromatic heterocycles. The Bertz CT molecular complexity index is 801. The number of halogens is 1. The zero-order valence-electron chi connectivity index (χ0n) is 15.3. The van der Waals surface area contributed by atoms with Gasteiger partial charge in [0, 0.05) is 12.5 Å². The maximum absolute atomic E-state index is 12.3. The van der Waals surface area contributed by atoms with Crippen molar-refractivity contribution in [1.82, 2.24) is 10.6 Å². The van der Waals surface area contributed by atoms with E-state index in [-0.39, 0.29) is 23.9 Å². The Morgan fingerprint density at radius 3 is 2.78 bits per heavy atom. The summed E-state index contributed by atoms with van der Waals surface area (Å²) >= 11 is 0. The molecule has 0 aliphatic carbocycles. The van der Waals surface area contributed by atoms with Gasteiger partial charge >= 0.3 is 5.63 Å². The van der Waals surface area contributed by atoms with Gasteiger partial charge in [-0.25, -0.2) is 4.79 Å². The summed E-state index contributed by atoms with van der Waals surface area (Å²) < 4.78 is 11.0. The second kappa shape index (κ2) is 10.1. The quantitative estimate of drug-likeness (QED) is 0.739. The number of nitrogens with one attached hydrogen (secondary N) is 2. The highest BCUT2D eigenvalue weighted by molar-refractivity contribution is 5.95. The fourth-order valence-electron chi connectivity index (χ4n) is 3.14. The Morgan fingerprint density at radius 1 is 1.33 bits per heavy atom. The predicted molar refractivity (Wildman–Crippen MR) is 106 cm³/mol. The fraction of sp³-hybridized carbons (Fsp3) is 0.400. The molecular formula is C20H25ClN2O4. The minimum atomic E-state index is -0.577. The first-order chi connectivity index (χ1) is 12.6. The number of hydrogen-bond donors (Lipinski definition) is 2. The number of amides is 1. The molecule has 2 aromatic rings. The van der Waals surface area contributed by atoms with Crippen LogP contribution in [0.15, 0.2) is 45.6 Å². The van der Waals surface area contributed by atoms with Crippen molar-refractivity contribution in [1.29, 1.82) is 0 Å². The largest absolute Gasteiger partial charge is 0.492 e. The molecule has 1 aliphatic rings. The number of carbonyl (C=O) groups excluding carboxylic acids is 1. The minimum Gasteiger partial charge on any atom is -0.492 e. The van der Waals surface area contributed by atoms with Gasteiger partial charge in [0.15, 0.2) is 0 Å². The monoisotopic (exact) mass is 392 g/mol. The second-order valence-corrected chi connectivity index (χ2v) is 6.45. The molecule has 1 fully saturated rings. The Morgan fingerprint density at radius 2 is 2.11 bits per heavy atom. The predicted octanol–water partition coefficient (Wildman–Crippen LogP) is 2.65. The van der Waals surface area contributed by atoms with Gasteiger partial charge in [0.2, 0.25) is 0 Å². The van der Waals surface area contributed by atoms with Crippen LogP contribution in [0.5, 0.6) is 5.75 Å². The number of piperidine rings is 1. The minimum absolute atomic E-state index is 0. The van der Waals surface area contributed by atoms with E-state index in [0.717, 1.165) is 31.7 Å². The number of benzene rings is 1. The van der Waals surface area contributed by atoms with Crippen LogP contribution in [-0.4, -0.2) is 32.1 Å². The van der Waals surface area contributed by atoms with Crippen molar-refractivity contribution in [2.75, 3.05) is 26.2 Å². The van der Waals surface area contributed by atoms with Crippen molar-refractivity contribution in [3.8, 4) is 5.75 Å². The maximum atomic E-state index is 12.3. The highest BCUT2D eigenvalue weighted by atomic mass is 35.5. The molecule has 1 unspecified atom stereocenters. The van der Waals surface area contributed by atoms with E-state index >= 15 is 0 Å². The van der Waals surface area contributed by atoms with Crippen LogP contribution in [0.25, 0.3) is 0 Å². The van der Waals surface area contributed by atoms with E-state index < -0.39 is 11.5 Å². The van der Waals surface area contributed by atoms with Crippen molar-refractivity contribution in [2.24, 2.45) is 0 Å². The van der Waals surface area contributed by atoms with E-state index in [1.165, 1.54) is 0 Å². The van der Waals surface area contributed by atoms with Crippen molar-refractivity contribution >= 4 is 18.3 Å². The molecule has 6 nitrogen and oxygen atoms in total. The highest BCUT2D eigenvalue weighted by Crippen LogP contribution is 2.23. The molecule has 1 aliphatic heterocycles. The molecule has 0 spiro atoms. The van der Waals surface area contributed by atoms with Gasteiger partial charge in [-0.2, -0.15) is 0 Å². The van der Waals surface area contributed by atoms with E-state index in [4.69, 9.17) is 9.15 Å². The van der Waals surface area contributed by atoms with Crippen LogP contribution in [-0.2, 0) is 0 Å². The van der Waals surface area contributed by atoms with Crippen molar-refractivity contribution in [3.05, 3.63) is 63.7 Å². The average Bonchev–Trinajstić information content (AvgIpc) is 2.66. The molecule has 0 saturated carbocycles. The third-order valence-electron chi connectivity index (χ3n) is 4.49. The van der Waals surface area contributed by atoms with Gasteiger partial charge < -0.3 is 19.8 Å². The molecule has 0 bridgehead atoms. The summed E-state index contributed by atoms with van der Waals surface area (Å²) in [5, 5.41) is 6.02. The molecule has 146 valence electrons. The van der Waals surface area contributed by atoms with Crippen LogP contribution in [0.2, 0.25) is 0 Å². The normalized spacial score (nSPS) is 16.3. The van der Waals surface area contributed by atoms with Gasteiger partial charge in [-0.1, -0.05) is 18.2 Å². The molecular weight excluding hydrogens is 368 g/mol. The van der Waals surface area contributed by atoms with Gasteiger partial charge in [0.05, 0.1) is 6.54 Å². The number of hydrogen-bond acceptors (Lipinski definition) is 5. The van der Waals surface area contributed by atoms with Gasteiger partial charge in [-0.3, -0.25) is 4.79 Å². The summed E-state index contributed by atoms with van der Waals surface area (Å²) in [6, 6.07) is 11.2. The third-order valence-corrected chi connectivity index (χ3v) is 4.49. The smallest absolute Gasteiger partial charge is 0.349 e. The van der Waals surface area contributed by atoms with Crippen LogP contribution >= 0.6 is 12.4 Å². The lowest BCUT2D eigenvalue weighted by molar-refractivity contribution is 0.0941. The number of rotatable bonds is 6. The van der Waals surface area contributed by atoms with Gasteiger partial charge in [0.1, 0.15) is 23.7 Å². The van der Waals surface area contributed by atoms with Gasteiger partial charge in [-0.05, 0) is 50.1 Å². The zero-order valence-corrected chi connectivity index (χ0v) is 16.1. The van der Waals surface area contributed by atoms with E-state index in [1.807, 2.05) is 36.4 Å². The number of para-hydroxylation sites is 1. The Labute approximate surface area is 164 Å². The summed E-state index contributed by atoms with van der Waals surface area (Å²) in [5.74, 6) is 1.15. The summed E-state index contributed by atoms with van der Waals surface area (Å²) in [6.07, 6.45) is 2.04. The molecule has 2 heterocycles. The lowest BCUT2D eigenvalue weighted by atomic mass is 9.95. The molecule has 3 rings (SSSR count). The third kappa shape index (κ3) is 5.58. The summed E-state index contributed by atoms with van der Waals surface area (Å²) in [7, 11) is 0. The van der Waals surface area contributed by atoms with E-state index in [9.17, 15) is 9.59 Å². The van der Waals surface area contributed by atoms with E-state index in [2.05, 4.69) is 10.6 Å². The lowest BCUT2D eigenvalue weighted by Gasteiger charge is -2.22. The molecule has 7 heteroatoms. The Hall–Kier alpha value is -2.31. The molecule has 27 heavy (non-hydrogen) atoms. The maximum Gasteiger partial charge on any atom is 0.349 e. The van der Waals surface area contributed by atoms with Crippen LogP contribution in [0.4, 0.5) is 0 Å². The van der Waals surface area contributed by atoms with Crippen LogP contribution in [0.1, 0.15) is 40.4 Å². The number of aryl methyl sites for hydroxylation is 1.